The van der Waals surface area contributed by atoms with Crippen molar-refractivity contribution in [3.05, 3.63) is 59.2 Å². The predicted molar refractivity (Wildman–Crippen MR) is 75.5 cm³/mol. The Balaban J connectivity index is 1.92. The topological polar surface area (TPSA) is 57.8 Å². The van der Waals surface area contributed by atoms with Gasteiger partial charge < -0.3 is 5.32 Å². The second kappa shape index (κ2) is 4.74. The number of amides is 1. The normalized spacial score (nSPS) is 10.6. The summed E-state index contributed by atoms with van der Waals surface area (Å²) in [5, 5.41) is 11.1. The first kappa shape index (κ1) is 11.7. The molecular weight excluding hydrogens is 262 g/mol. The summed E-state index contributed by atoms with van der Waals surface area (Å²) in [6, 6.07) is 12.5. The van der Waals surface area contributed by atoms with Crippen molar-refractivity contribution in [3.8, 4) is 0 Å². The first-order valence-electron chi connectivity index (χ1n) is 5.73. The zero-order valence-electron chi connectivity index (χ0n) is 9.85. The van der Waals surface area contributed by atoms with Gasteiger partial charge >= 0.3 is 0 Å². The maximum Gasteiger partial charge on any atom is 0.257 e. The Labute approximate surface area is 114 Å². The number of halogens is 1. The minimum Gasteiger partial charge on any atom is -0.322 e. The second-order valence-electron chi connectivity index (χ2n) is 4.10. The van der Waals surface area contributed by atoms with Gasteiger partial charge in [-0.2, -0.15) is 5.10 Å². The molecule has 1 heterocycles. The molecule has 0 unspecified atom stereocenters. The molecule has 2 aromatic carbocycles. The van der Waals surface area contributed by atoms with Crippen molar-refractivity contribution in [1.29, 1.82) is 0 Å². The zero-order chi connectivity index (χ0) is 13.2. The summed E-state index contributed by atoms with van der Waals surface area (Å²) < 4.78 is 0. The number of carbonyl (C=O) groups is 1. The lowest BCUT2D eigenvalue weighted by molar-refractivity contribution is 0.102. The molecule has 94 valence electrons. The Morgan fingerprint density at radius 3 is 2.74 bits per heavy atom. The summed E-state index contributed by atoms with van der Waals surface area (Å²) in [6.45, 7) is 0. The van der Waals surface area contributed by atoms with E-state index in [2.05, 4.69) is 15.5 Å². The fourth-order valence-electron chi connectivity index (χ4n) is 1.89. The molecule has 0 atom stereocenters. The minimum atomic E-state index is -0.183. The minimum absolute atomic E-state index is 0.183. The van der Waals surface area contributed by atoms with Crippen LogP contribution in [-0.4, -0.2) is 16.1 Å². The van der Waals surface area contributed by atoms with E-state index < -0.39 is 0 Å². The quantitative estimate of drug-likeness (QED) is 0.750. The van der Waals surface area contributed by atoms with Gasteiger partial charge in [0.25, 0.3) is 5.91 Å². The number of benzene rings is 2. The first-order chi connectivity index (χ1) is 9.24. The number of aromatic nitrogens is 2. The van der Waals surface area contributed by atoms with Crippen LogP contribution >= 0.6 is 11.6 Å². The highest BCUT2D eigenvalue weighted by atomic mass is 35.5. The van der Waals surface area contributed by atoms with Crippen LogP contribution < -0.4 is 5.32 Å². The molecule has 3 rings (SSSR count). The molecule has 5 heteroatoms. The number of hydrogen-bond donors (Lipinski definition) is 2. The zero-order valence-corrected chi connectivity index (χ0v) is 10.6. The summed E-state index contributed by atoms with van der Waals surface area (Å²) in [4.78, 5) is 12.2. The molecule has 1 amide bonds. The van der Waals surface area contributed by atoms with Crippen LogP contribution in [0, 0.1) is 0 Å². The number of anilines is 1. The highest BCUT2D eigenvalue weighted by Crippen LogP contribution is 2.18. The van der Waals surface area contributed by atoms with E-state index in [0.717, 1.165) is 10.9 Å². The fourth-order valence-corrected chi connectivity index (χ4v) is 2.02. The number of nitrogens with zero attached hydrogens (tertiary/aromatic N) is 1. The number of rotatable bonds is 2. The molecule has 2 N–H and O–H groups in total. The van der Waals surface area contributed by atoms with Crippen LogP contribution in [0.15, 0.2) is 48.7 Å². The van der Waals surface area contributed by atoms with Crippen LogP contribution in [0.1, 0.15) is 10.4 Å². The van der Waals surface area contributed by atoms with Gasteiger partial charge in [0.05, 0.1) is 17.3 Å². The summed E-state index contributed by atoms with van der Waals surface area (Å²) >= 11 is 5.80. The molecule has 0 fully saturated rings. The van der Waals surface area contributed by atoms with E-state index in [9.17, 15) is 4.79 Å². The van der Waals surface area contributed by atoms with E-state index in [1.54, 1.807) is 36.5 Å². The third-order valence-electron chi connectivity index (χ3n) is 2.82. The van der Waals surface area contributed by atoms with E-state index in [0.29, 0.717) is 16.3 Å². The standard InChI is InChI=1S/C14H10ClN3O/c15-10-4-6-11(7-5-10)17-14(19)12-3-1-2-9-8-16-18-13(9)12/h1-8H,(H,16,18)(H,17,19). The van der Waals surface area contributed by atoms with Crippen molar-refractivity contribution in [1.82, 2.24) is 10.2 Å². The van der Waals surface area contributed by atoms with E-state index in [1.165, 1.54) is 0 Å². The number of aromatic amines is 1. The van der Waals surface area contributed by atoms with E-state index >= 15 is 0 Å². The van der Waals surface area contributed by atoms with E-state index in [-0.39, 0.29) is 5.91 Å². The van der Waals surface area contributed by atoms with E-state index in [4.69, 9.17) is 11.6 Å². The Hall–Kier alpha value is -2.33. The third kappa shape index (κ3) is 2.30. The summed E-state index contributed by atoms with van der Waals surface area (Å²) in [7, 11) is 0. The van der Waals surface area contributed by atoms with Crippen molar-refractivity contribution < 1.29 is 4.79 Å². The van der Waals surface area contributed by atoms with Crippen LogP contribution in [0.2, 0.25) is 5.02 Å². The van der Waals surface area contributed by atoms with Crippen LogP contribution in [0.4, 0.5) is 5.69 Å². The SMILES string of the molecule is O=C(Nc1ccc(Cl)cc1)c1cccc2cn[nH]c12. The van der Waals surface area contributed by atoms with Crippen LogP contribution in [0.3, 0.4) is 0 Å². The van der Waals surface area contributed by atoms with Gasteiger partial charge in [0.1, 0.15) is 0 Å². The molecule has 3 aromatic rings. The monoisotopic (exact) mass is 271 g/mol. The highest BCUT2D eigenvalue weighted by Gasteiger charge is 2.11. The van der Waals surface area contributed by atoms with Crippen LogP contribution in [0.25, 0.3) is 10.9 Å². The smallest absolute Gasteiger partial charge is 0.257 e. The molecule has 4 nitrogen and oxygen atoms in total. The van der Waals surface area contributed by atoms with Gasteiger partial charge in [0.15, 0.2) is 0 Å². The molecule has 19 heavy (non-hydrogen) atoms. The van der Waals surface area contributed by atoms with Crippen LogP contribution in [-0.2, 0) is 0 Å². The Kier molecular flexibility index (Phi) is 2.93. The van der Waals surface area contributed by atoms with Crippen molar-refractivity contribution in [2.75, 3.05) is 5.32 Å². The lowest BCUT2D eigenvalue weighted by Crippen LogP contribution is -2.12. The van der Waals surface area contributed by atoms with Gasteiger partial charge in [-0.05, 0) is 30.3 Å². The molecule has 0 spiro atoms. The lowest BCUT2D eigenvalue weighted by Gasteiger charge is -2.06. The molecule has 0 saturated heterocycles. The third-order valence-corrected chi connectivity index (χ3v) is 3.08. The average molecular weight is 272 g/mol. The molecule has 1 aromatic heterocycles. The number of nitrogens with one attached hydrogen (secondary N) is 2. The van der Waals surface area contributed by atoms with Gasteiger partial charge in [-0.3, -0.25) is 9.89 Å². The van der Waals surface area contributed by atoms with Gasteiger partial charge in [-0.15, -0.1) is 0 Å². The predicted octanol–water partition coefficient (Wildman–Crippen LogP) is 3.47. The number of hydrogen-bond acceptors (Lipinski definition) is 2. The molecule has 0 saturated carbocycles. The molecule has 0 aliphatic rings. The van der Waals surface area contributed by atoms with Crippen molar-refractivity contribution in [2.24, 2.45) is 0 Å². The highest BCUT2D eigenvalue weighted by molar-refractivity contribution is 6.30. The van der Waals surface area contributed by atoms with Gasteiger partial charge in [-0.1, -0.05) is 23.7 Å². The van der Waals surface area contributed by atoms with Gasteiger partial charge in [0.2, 0.25) is 0 Å². The molecule has 0 bridgehead atoms. The molecular formula is C14H10ClN3O. The van der Waals surface area contributed by atoms with E-state index in [1.807, 2.05) is 12.1 Å². The van der Waals surface area contributed by atoms with Gasteiger partial charge in [-0.25, -0.2) is 0 Å². The van der Waals surface area contributed by atoms with Gasteiger partial charge in [0, 0.05) is 16.1 Å². The maximum absolute atomic E-state index is 12.2. The number of carbonyl (C=O) groups excluding carboxylic acids is 1. The Bertz CT molecular complexity index is 734. The number of H-pyrrole nitrogens is 1. The molecule has 0 aliphatic carbocycles. The lowest BCUT2D eigenvalue weighted by atomic mass is 10.1. The van der Waals surface area contributed by atoms with Crippen molar-refractivity contribution >= 4 is 34.1 Å². The first-order valence-corrected chi connectivity index (χ1v) is 6.11. The second-order valence-corrected chi connectivity index (χ2v) is 4.54. The largest absolute Gasteiger partial charge is 0.322 e. The average Bonchev–Trinajstić information content (AvgIpc) is 2.89. The summed E-state index contributed by atoms with van der Waals surface area (Å²) in [6.07, 6.45) is 1.69. The van der Waals surface area contributed by atoms with Crippen molar-refractivity contribution in [3.63, 3.8) is 0 Å². The molecule has 0 radical (unpaired) electrons. The summed E-state index contributed by atoms with van der Waals surface area (Å²) in [5.74, 6) is -0.183. The number of fused-ring (bicyclic) bond motifs is 1. The molecule has 0 aliphatic heterocycles. The van der Waals surface area contributed by atoms with Crippen LogP contribution in [0.5, 0.6) is 0 Å². The number of para-hydroxylation sites is 1. The van der Waals surface area contributed by atoms with Crippen molar-refractivity contribution in [2.45, 2.75) is 0 Å². The Morgan fingerprint density at radius 2 is 1.95 bits per heavy atom. The summed E-state index contributed by atoms with van der Waals surface area (Å²) in [5.41, 5.74) is 1.99. The fraction of sp³-hybridized carbons (Fsp3) is 0. The Morgan fingerprint density at radius 1 is 1.16 bits per heavy atom. The maximum atomic E-state index is 12.2.